The number of halogens is 3. The van der Waals surface area contributed by atoms with Gasteiger partial charge < -0.3 is 19.3 Å². The quantitative estimate of drug-likeness (QED) is 0.895. The Hall–Kier alpha value is -2.55. The first-order valence-corrected chi connectivity index (χ1v) is 7.48. The van der Waals surface area contributed by atoms with Gasteiger partial charge in [-0.1, -0.05) is 0 Å². The molecule has 1 aromatic carbocycles. The number of morpholine rings is 1. The summed E-state index contributed by atoms with van der Waals surface area (Å²) in [6, 6.07) is 3.44. The number of alkyl halides is 3. The predicted octanol–water partition coefficient (Wildman–Crippen LogP) is 2.12. The molecular weight excluding hydrogens is 341 g/mol. The predicted molar refractivity (Wildman–Crippen MR) is 81.2 cm³/mol. The van der Waals surface area contributed by atoms with Gasteiger partial charge >= 0.3 is 12.1 Å². The third-order valence-corrected chi connectivity index (χ3v) is 4.26. The Morgan fingerprint density at radius 3 is 2.64 bits per heavy atom. The van der Waals surface area contributed by atoms with Gasteiger partial charge in [-0.05, 0) is 24.3 Å². The standard InChI is InChI=1S/C16H15F3N2O4/c1-20-11-3-2-10(16(17,18)19)6-9(11)7-12(20)14(22)21-4-5-25-8-13(21)15(23)24/h2-3,6-7,13H,4-5,8H2,1H3,(H,23,24)/t13-/m0/s1. The van der Waals surface area contributed by atoms with E-state index in [0.717, 1.165) is 12.1 Å². The number of hydrogen-bond acceptors (Lipinski definition) is 3. The number of carbonyl (C=O) groups is 2. The number of aromatic nitrogens is 1. The lowest BCUT2D eigenvalue weighted by molar-refractivity contribution is -0.147. The first-order chi connectivity index (χ1) is 11.7. The van der Waals surface area contributed by atoms with E-state index in [1.165, 1.54) is 21.6 Å². The fourth-order valence-corrected chi connectivity index (χ4v) is 2.93. The molecule has 134 valence electrons. The molecule has 9 heteroatoms. The monoisotopic (exact) mass is 356 g/mol. The van der Waals surface area contributed by atoms with Gasteiger partial charge in [0.2, 0.25) is 0 Å². The van der Waals surface area contributed by atoms with Crippen molar-refractivity contribution in [3.05, 3.63) is 35.5 Å². The smallest absolute Gasteiger partial charge is 0.416 e. The Labute approximate surface area is 140 Å². The Kier molecular flexibility index (Phi) is 4.19. The lowest BCUT2D eigenvalue weighted by Crippen LogP contribution is -2.52. The number of aliphatic carboxylic acids is 1. The molecule has 1 N–H and O–H groups in total. The minimum atomic E-state index is -4.48. The first kappa shape index (κ1) is 17.3. The summed E-state index contributed by atoms with van der Waals surface area (Å²) in [5, 5.41) is 9.50. The van der Waals surface area contributed by atoms with E-state index in [2.05, 4.69) is 0 Å². The van der Waals surface area contributed by atoms with E-state index in [1.807, 2.05) is 0 Å². The van der Waals surface area contributed by atoms with Crippen LogP contribution >= 0.6 is 0 Å². The molecule has 1 atom stereocenters. The second-order valence-corrected chi connectivity index (χ2v) is 5.79. The average Bonchev–Trinajstić information content (AvgIpc) is 2.90. The average molecular weight is 356 g/mol. The SMILES string of the molecule is Cn1c(C(=O)N2CCOC[C@H]2C(=O)O)cc2cc(C(F)(F)F)ccc21. The summed E-state index contributed by atoms with van der Waals surface area (Å²) < 4.78 is 45.1. The van der Waals surface area contributed by atoms with Crippen molar-refractivity contribution in [2.24, 2.45) is 7.05 Å². The molecule has 1 aromatic heterocycles. The van der Waals surface area contributed by atoms with E-state index in [9.17, 15) is 27.9 Å². The maximum Gasteiger partial charge on any atom is 0.416 e. The van der Waals surface area contributed by atoms with Gasteiger partial charge in [-0.3, -0.25) is 4.79 Å². The lowest BCUT2D eigenvalue weighted by atomic mass is 10.1. The maximum atomic E-state index is 12.9. The van der Waals surface area contributed by atoms with Crippen molar-refractivity contribution < 1.29 is 32.6 Å². The third kappa shape index (κ3) is 3.07. The molecular formula is C16H15F3N2O4. The van der Waals surface area contributed by atoms with Crippen molar-refractivity contribution in [3.63, 3.8) is 0 Å². The van der Waals surface area contributed by atoms with Crippen LogP contribution < -0.4 is 0 Å². The van der Waals surface area contributed by atoms with Crippen LogP contribution in [0.3, 0.4) is 0 Å². The minimum Gasteiger partial charge on any atom is -0.480 e. The molecule has 0 spiro atoms. The van der Waals surface area contributed by atoms with Crippen LogP contribution in [-0.4, -0.2) is 52.3 Å². The summed E-state index contributed by atoms with van der Waals surface area (Å²) in [4.78, 5) is 25.2. The Bertz CT molecular complexity index is 844. The summed E-state index contributed by atoms with van der Waals surface area (Å²) in [5.74, 6) is -1.74. The zero-order chi connectivity index (χ0) is 18.4. The van der Waals surface area contributed by atoms with E-state index in [4.69, 9.17) is 4.74 Å². The van der Waals surface area contributed by atoms with Crippen molar-refractivity contribution >= 4 is 22.8 Å². The van der Waals surface area contributed by atoms with Gasteiger partial charge in [-0.15, -0.1) is 0 Å². The van der Waals surface area contributed by atoms with Crippen LogP contribution in [0.5, 0.6) is 0 Å². The molecule has 0 unspecified atom stereocenters. The molecule has 0 aliphatic carbocycles. The normalized spacial score (nSPS) is 18.6. The van der Waals surface area contributed by atoms with Gasteiger partial charge in [0.05, 0.1) is 18.8 Å². The molecule has 1 saturated heterocycles. The third-order valence-electron chi connectivity index (χ3n) is 4.26. The van der Waals surface area contributed by atoms with Crippen LogP contribution in [0.4, 0.5) is 13.2 Å². The summed E-state index contributed by atoms with van der Waals surface area (Å²) in [5.41, 5.74) is -0.224. The molecule has 0 saturated carbocycles. The molecule has 1 fully saturated rings. The molecule has 1 aliphatic rings. The van der Waals surface area contributed by atoms with Crippen molar-refractivity contribution in [2.75, 3.05) is 19.8 Å². The van der Waals surface area contributed by atoms with E-state index in [0.29, 0.717) is 5.52 Å². The summed E-state index contributed by atoms with van der Waals surface area (Å²) >= 11 is 0. The van der Waals surface area contributed by atoms with Gasteiger partial charge in [0.25, 0.3) is 5.91 Å². The molecule has 0 bridgehead atoms. The Morgan fingerprint density at radius 1 is 1.28 bits per heavy atom. The van der Waals surface area contributed by atoms with E-state index < -0.39 is 29.7 Å². The fraction of sp³-hybridized carbons (Fsp3) is 0.375. The summed E-state index contributed by atoms with van der Waals surface area (Å²) in [7, 11) is 1.55. The van der Waals surface area contributed by atoms with Gasteiger partial charge in [0, 0.05) is 24.5 Å². The molecule has 2 heterocycles. The number of carboxylic acids is 1. The molecule has 6 nitrogen and oxygen atoms in total. The largest absolute Gasteiger partial charge is 0.480 e. The highest BCUT2D eigenvalue weighted by atomic mass is 19.4. The highest BCUT2D eigenvalue weighted by Crippen LogP contribution is 2.32. The number of aryl methyl sites for hydroxylation is 1. The van der Waals surface area contributed by atoms with Crippen LogP contribution in [0, 0.1) is 0 Å². The zero-order valence-corrected chi connectivity index (χ0v) is 13.2. The topological polar surface area (TPSA) is 71.8 Å². The van der Waals surface area contributed by atoms with Gasteiger partial charge in [-0.2, -0.15) is 13.2 Å². The number of ether oxygens (including phenoxy) is 1. The van der Waals surface area contributed by atoms with Crippen LogP contribution in [0.15, 0.2) is 24.3 Å². The minimum absolute atomic E-state index is 0.102. The van der Waals surface area contributed by atoms with Crippen LogP contribution in [0.2, 0.25) is 0 Å². The number of amides is 1. The number of carboxylic acid groups (broad SMARTS) is 1. The van der Waals surface area contributed by atoms with Crippen molar-refractivity contribution in [1.82, 2.24) is 9.47 Å². The Balaban J connectivity index is 2.01. The maximum absolute atomic E-state index is 12.9. The number of fused-ring (bicyclic) bond motifs is 1. The van der Waals surface area contributed by atoms with Crippen molar-refractivity contribution in [1.29, 1.82) is 0 Å². The molecule has 1 amide bonds. The van der Waals surface area contributed by atoms with E-state index in [1.54, 1.807) is 7.05 Å². The molecule has 0 radical (unpaired) electrons. The Morgan fingerprint density at radius 2 is 2.00 bits per heavy atom. The molecule has 1 aliphatic heterocycles. The highest BCUT2D eigenvalue weighted by molar-refractivity contribution is 6.00. The van der Waals surface area contributed by atoms with E-state index in [-0.39, 0.29) is 30.8 Å². The van der Waals surface area contributed by atoms with Crippen LogP contribution in [0.25, 0.3) is 10.9 Å². The van der Waals surface area contributed by atoms with Crippen molar-refractivity contribution in [3.8, 4) is 0 Å². The second-order valence-electron chi connectivity index (χ2n) is 5.79. The molecule has 3 rings (SSSR count). The highest BCUT2D eigenvalue weighted by Gasteiger charge is 2.35. The number of carbonyl (C=O) groups excluding carboxylic acids is 1. The number of hydrogen-bond donors (Lipinski definition) is 1. The second kappa shape index (κ2) is 6.07. The van der Waals surface area contributed by atoms with Gasteiger partial charge in [-0.25, -0.2) is 4.79 Å². The zero-order valence-electron chi connectivity index (χ0n) is 13.2. The van der Waals surface area contributed by atoms with Crippen LogP contribution in [-0.2, 0) is 22.8 Å². The number of rotatable bonds is 2. The lowest BCUT2D eigenvalue weighted by Gasteiger charge is -2.32. The number of benzene rings is 1. The van der Waals surface area contributed by atoms with Gasteiger partial charge in [0.1, 0.15) is 5.69 Å². The van der Waals surface area contributed by atoms with Crippen molar-refractivity contribution in [2.45, 2.75) is 12.2 Å². The van der Waals surface area contributed by atoms with E-state index >= 15 is 0 Å². The molecule has 2 aromatic rings. The summed E-state index contributed by atoms with van der Waals surface area (Å²) in [6.45, 7) is 0.187. The van der Waals surface area contributed by atoms with Gasteiger partial charge in [0.15, 0.2) is 6.04 Å². The van der Waals surface area contributed by atoms with Crippen LogP contribution in [0.1, 0.15) is 16.1 Å². The fourth-order valence-electron chi connectivity index (χ4n) is 2.93. The number of nitrogens with zero attached hydrogens (tertiary/aromatic N) is 2. The summed E-state index contributed by atoms with van der Waals surface area (Å²) in [6.07, 6.45) is -4.48. The molecule has 25 heavy (non-hydrogen) atoms. The first-order valence-electron chi connectivity index (χ1n) is 7.48.